The third kappa shape index (κ3) is 4.84. The first-order chi connectivity index (χ1) is 9.10. The number of hydrogen-bond donors (Lipinski definition) is 0. The highest BCUT2D eigenvalue weighted by Gasteiger charge is 2.10. The van der Waals surface area contributed by atoms with Gasteiger partial charge in [0.2, 0.25) is 0 Å². The Morgan fingerprint density at radius 2 is 2.21 bits per heavy atom. The highest BCUT2D eigenvalue weighted by Crippen LogP contribution is 2.24. The van der Waals surface area contributed by atoms with Gasteiger partial charge in [-0.3, -0.25) is 4.79 Å². The number of ether oxygens (including phenoxy) is 2. The number of hydrogen-bond acceptors (Lipinski definition) is 5. The van der Waals surface area contributed by atoms with Crippen molar-refractivity contribution in [3.8, 4) is 11.8 Å². The van der Waals surface area contributed by atoms with E-state index in [0.717, 1.165) is 11.3 Å². The normalized spacial score (nSPS) is 11.5. The Morgan fingerprint density at radius 1 is 1.47 bits per heavy atom. The number of esters is 1. The Bertz CT molecular complexity index is 482. The second-order valence-electron chi connectivity index (χ2n) is 4.05. The van der Waals surface area contributed by atoms with Crippen molar-refractivity contribution in [1.29, 1.82) is 5.26 Å². The monoisotopic (exact) mass is 279 g/mol. The van der Waals surface area contributed by atoms with Gasteiger partial charge in [-0.05, 0) is 17.7 Å². The molecule has 0 radical (unpaired) electrons. The van der Waals surface area contributed by atoms with E-state index >= 15 is 0 Å². The van der Waals surface area contributed by atoms with E-state index < -0.39 is 0 Å². The Hall–Kier alpha value is -1.67. The number of nitrogens with zero attached hydrogens (tertiary/aromatic N) is 1. The summed E-state index contributed by atoms with van der Waals surface area (Å²) >= 11 is 1.65. The molecule has 1 unspecified atom stereocenters. The summed E-state index contributed by atoms with van der Waals surface area (Å²) in [7, 11) is 2.94. The van der Waals surface area contributed by atoms with E-state index in [4.69, 9.17) is 10.00 Å². The van der Waals surface area contributed by atoms with Gasteiger partial charge in [-0.25, -0.2) is 0 Å². The molecule has 0 aliphatic carbocycles. The largest absolute Gasteiger partial charge is 0.495 e. The van der Waals surface area contributed by atoms with E-state index in [1.807, 2.05) is 19.1 Å². The zero-order valence-corrected chi connectivity index (χ0v) is 12.1. The Kier molecular flexibility index (Phi) is 6.23. The fourth-order valence-electron chi connectivity index (χ4n) is 1.55. The van der Waals surface area contributed by atoms with Crippen LogP contribution in [0.3, 0.4) is 0 Å². The molecule has 0 amide bonds. The lowest BCUT2D eigenvalue weighted by molar-refractivity contribution is -0.140. The molecule has 5 heteroatoms. The molecule has 0 saturated heterocycles. The van der Waals surface area contributed by atoms with E-state index in [1.165, 1.54) is 7.11 Å². The van der Waals surface area contributed by atoms with Crippen molar-refractivity contribution < 1.29 is 14.3 Å². The second-order valence-corrected chi connectivity index (χ2v) is 5.48. The van der Waals surface area contributed by atoms with Crippen LogP contribution in [0.4, 0.5) is 0 Å². The summed E-state index contributed by atoms with van der Waals surface area (Å²) < 4.78 is 9.72. The van der Waals surface area contributed by atoms with E-state index in [0.29, 0.717) is 17.7 Å². The molecule has 4 nitrogen and oxygen atoms in total. The standard InChI is InChI=1S/C14H17NO3S/c1-10(6-14(16)18-3)19-9-11-4-5-13(17-2)12(7-11)8-15/h4-5,7,10H,6,9H2,1-3H3. The summed E-state index contributed by atoms with van der Waals surface area (Å²) in [6, 6.07) is 7.64. The molecular formula is C14H17NO3S. The molecule has 0 fully saturated rings. The van der Waals surface area contributed by atoms with Crippen LogP contribution >= 0.6 is 11.8 Å². The number of benzene rings is 1. The van der Waals surface area contributed by atoms with Gasteiger partial charge in [0.1, 0.15) is 11.8 Å². The van der Waals surface area contributed by atoms with Crippen molar-refractivity contribution in [1.82, 2.24) is 0 Å². The van der Waals surface area contributed by atoms with Crippen molar-refractivity contribution in [3.05, 3.63) is 29.3 Å². The molecule has 1 aromatic rings. The summed E-state index contributed by atoms with van der Waals surface area (Å²) in [5.74, 6) is 1.13. The summed E-state index contributed by atoms with van der Waals surface area (Å²) in [5.41, 5.74) is 1.57. The Labute approximate surface area is 117 Å². The molecule has 0 aromatic heterocycles. The molecule has 0 N–H and O–H groups in total. The van der Waals surface area contributed by atoms with Gasteiger partial charge in [0.25, 0.3) is 0 Å². The van der Waals surface area contributed by atoms with Crippen molar-refractivity contribution in [3.63, 3.8) is 0 Å². The number of carbonyl (C=O) groups excluding carboxylic acids is 1. The maximum atomic E-state index is 11.1. The van der Waals surface area contributed by atoms with Gasteiger partial charge in [-0.1, -0.05) is 13.0 Å². The summed E-state index contributed by atoms with van der Waals surface area (Å²) in [6.07, 6.45) is 0.391. The minimum absolute atomic E-state index is 0.181. The predicted molar refractivity (Wildman–Crippen MR) is 75.1 cm³/mol. The Morgan fingerprint density at radius 3 is 2.79 bits per heavy atom. The first kappa shape index (κ1) is 15.4. The molecule has 0 aliphatic heterocycles. The summed E-state index contributed by atoms with van der Waals surface area (Å²) in [6.45, 7) is 1.98. The molecule has 102 valence electrons. The number of methoxy groups -OCH3 is 2. The predicted octanol–water partition coefficient (Wildman–Crippen LogP) is 2.75. The second kappa shape index (κ2) is 7.70. The van der Waals surface area contributed by atoms with Gasteiger partial charge < -0.3 is 9.47 Å². The van der Waals surface area contributed by atoms with Crippen molar-refractivity contribution in [2.24, 2.45) is 0 Å². The van der Waals surface area contributed by atoms with Gasteiger partial charge in [0, 0.05) is 11.0 Å². The smallest absolute Gasteiger partial charge is 0.306 e. The van der Waals surface area contributed by atoms with E-state index in [9.17, 15) is 4.79 Å². The molecule has 0 bridgehead atoms. The first-order valence-electron chi connectivity index (χ1n) is 5.86. The van der Waals surface area contributed by atoms with Crippen LogP contribution in [0.25, 0.3) is 0 Å². The molecule has 0 spiro atoms. The van der Waals surface area contributed by atoms with Gasteiger partial charge in [-0.2, -0.15) is 17.0 Å². The van der Waals surface area contributed by atoms with E-state index in [1.54, 1.807) is 24.9 Å². The van der Waals surface area contributed by atoms with Crippen molar-refractivity contribution in [2.75, 3.05) is 14.2 Å². The van der Waals surface area contributed by atoms with Crippen LogP contribution in [0.2, 0.25) is 0 Å². The zero-order chi connectivity index (χ0) is 14.3. The average Bonchev–Trinajstić information content (AvgIpc) is 2.44. The SMILES string of the molecule is COC(=O)CC(C)SCc1ccc(OC)c(C#N)c1. The molecule has 0 heterocycles. The van der Waals surface area contributed by atoms with Gasteiger partial charge >= 0.3 is 5.97 Å². The Balaban J connectivity index is 2.59. The molecule has 1 rings (SSSR count). The van der Waals surface area contributed by atoms with Crippen LogP contribution in [0.15, 0.2) is 18.2 Å². The van der Waals surface area contributed by atoms with Crippen LogP contribution < -0.4 is 4.74 Å². The molecular weight excluding hydrogens is 262 g/mol. The molecule has 19 heavy (non-hydrogen) atoms. The van der Waals surface area contributed by atoms with Crippen LogP contribution in [-0.2, 0) is 15.3 Å². The lowest BCUT2D eigenvalue weighted by Crippen LogP contribution is -2.08. The number of thioether (sulfide) groups is 1. The minimum Gasteiger partial charge on any atom is -0.495 e. The van der Waals surface area contributed by atoms with Crippen molar-refractivity contribution >= 4 is 17.7 Å². The lowest BCUT2D eigenvalue weighted by atomic mass is 10.1. The minimum atomic E-state index is -0.201. The lowest BCUT2D eigenvalue weighted by Gasteiger charge is -2.10. The molecule has 0 aliphatic rings. The van der Waals surface area contributed by atoms with E-state index in [2.05, 4.69) is 10.8 Å². The number of carbonyl (C=O) groups is 1. The maximum Gasteiger partial charge on any atom is 0.306 e. The topological polar surface area (TPSA) is 59.3 Å². The number of nitriles is 1. The van der Waals surface area contributed by atoms with Gasteiger partial charge in [0.15, 0.2) is 0 Å². The van der Waals surface area contributed by atoms with Gasteiger partial charge in [-0.15, -0.1) is 0 Å². The van der Waals surface area contributed by atoms with Crippen LogP contribution in [0.5, 0.6) is 5.75 Å². The fraction of sp³-hybridized carbons (Fsp3) is 0.429. The zero-order valence-electron chi connectivity index (χ0n) is 11.3. The van der Waals surface area contributed by atoms with Crippen molar-refractivity contribution in [2.45, 2.75) is 24.3 Å². The van der Waals surface area contributed by atoms with Crippen LogP contribution in [0.1, 0.15) is 24.5 Å². The molecule has 1 aromatic carbocycles. The first-order valence-corrected chi connectivity index (χ1v) is 6.91. The van der Waals surface area contributed by atoms with Crippen LogP contribution in [0, 0.1) is 11.3 Å². The third-order valence-electron chi connectivity index (χ3n) is 2.60. The van der Waals surface area contributed by atoms with E-state index in [-0.39, 0.29) is 11.2 Å². The maximum absolute atomic E-state index is 11.1. The fourth-order valence-corrected chi connectivity index (χ4v) is 2.46. The quantitative estimate of drug-likeness (QED) is 0.749. The summed E-state index contributed by atoms with van der Waals surface area (Å²) in [4.78, 5) is 11.1. The highest BCUT2D eigenvalue weighted by atomic mass is 32.2. The molecule has 0 saturated carbocycles. The summed E-state index contributed by atoms with van der Waals surface area (Å²) in [5, 5.41) is 9.18. The third-order valence-corrected chi connectivity index (χ3v) is 3.84. The highest BCUT2D eigenvalue weighted by molar-refractivity contribution is 7.99. The average molecular weight is 279 g/mol. The number of rotatable bonds is 6. The van der Waals surface area contributed by atoms with Crippen LogP contribution in [-0.4, -0.2) is 25.4 Å². The van der Waals surface area contributed by atoms with Gasteiger partial charge in [0.05, 0.1) is 26.2 Å². The molecule has 1 atom stereocenters.